The molecule has 16 heavy (non-hydrogen) atoms. The molecule has 1 saturated heterocycles. The van der Waals surface area contributed by atoms with Crippen LogP contribution in [0.15, 0.2) is 22.7 Å². The van der Waals surface area contributed by atoms with Crippen molar-refractivity contribution in [2.45, 2.75) is 12.5 Å². The number of hydrogen-bond donors (Lipinski definition) is 1. The summed E-state index contributed by atoms with van der Waals surface area (Å²) in [6.45, 7) is 1.60. The molecule has 0 bridgehead atoms. The Hall–Kier alpha value is -0.450. The molecule has 2 N–H and O–H groups in total. The lowest BCUT2D eigenvalue weighted by molar-refractivity contribution is 0.272. The number of nitrogens with two attached hydrogens (primary N) is 1. The number of likely N-dealkylation sites (tertiary alicyclic amines) is 1. The van der Waals surface area contributed by atoms with Gasteiger partial charge in [-0.25, -0.2) is 4.39 Å². The molecular formula is C12H16BrFN2. The van der Waals surface area contributed by atoms with Gasteiger partial charge in [0.25, 0.3) is 0 Å². The summed E-state index contributed by atoms with van der Waals surface area (Å²) in [5.74, 6) is 0.217. The van der Waals surface area contributed by atoms with Crippen LogP contribution in [0.3, 0.4) is 0 Å². The highest BCUT2D eigenvalue weighted by Crippen LogP contribution is 2.37. The standard InChI is InChI=1S/C12H16BrFN2/c1-16-5-4-8(7-15)12(16)10-6-9(13)2-3-11(10)14/h2-3,6,8,12H,4-5,7,15H2,1H3. The van der Waals surface area contributed by atoms with Crippen LogP contribution >= 0.6 is 15.9 Å². The van der Waals surface area contributed by atoms with Crippen molar-refractivity contribution in [3.63, 3.8) is 0 Å². The number of benzene rings is 1. The molecule has 1 aromatic rings. The van der Waals surface area contributed by atoms with E-state index in [1.807, 2.05) is 13.1 Å². The van der Waals surface area contributed by atoms with Crippen molar-refractivity contribution < 1.29 is 4.39 Å². The summed E-state index contributed by atoms with van der Waals surface area (Å²) in [5.41, 5.74) is 6.51. The van der Waals surface area contributed by atoms with Crippen LogP contribution in [0.2, 0.25) is 0 Å². The Morgan fingerprint density at radius 3 is 3.00 bits per heavy atom. The molecule has 0 aromatic heterocycles. The lowest BCUT2D eigenvalue weighted by atomic mass is 9.93. The molecule has 0 spiro atoms. The topological polar surface area (TPSA) is 29.3 Å². The Morgan fingerprint density at radius 1 is 1.56 bits per heavy atom. The van der Waals surface area contributed by atoms with E-state index in [1.54, 1.807) is 6.07 Å². The van der Waals surface area contributed by atoms with Crippen LogP contribution in [0.5, 0.6) is 0 Å². The molecule has 1 fully saturated rings. The van der Waals surface area contributed by atoms with Crippen molar-refractivity contribution in [2.75, 3.05) is 20.1 Å². The third-order valence-electron chi connectivity index (χ3n) is 3.35. The summed E-state index contributed by atoms with van der Waals surface area (Å²) in [4.78, 5) is 2.18. The monoisotopic (exact) mass is 286 g/mol. The third-order valence-corrected chi connectivity index (χ3v) is 3.85. The van der Waals surface area contributed by atoms with Crippen molar-refractivity contribution in [1.82, 2.24) is 4.90 Å². The first-order chi connectivity index (χ1) is 7.63. The summed E-state index contributed by atoms with van der Waals surface area (Å²) >= 11 is 3.39. The molecular weight excluding hydrogens is 271 g/mol. The number of halogens is 2. The molecule has 0 saturated carbocycles. The van der Waals surface area contributed by atoms with Gasteiger partial charge in [-0.15, -0.1) is 0 Å². The Labute approximate surface area is 104 Å². The summed E-state index contributed by atoms with van der Waals surface area (Å²) < 4.78 is 14.7. The molecule has 2 atom stereocenters. The van der Waals surface area contributed by atoms with E-state index >= 15 is 0 Å². The number of rotatable bonds is 2. The fraction of sp³-hybridized carbons (Fsp3) is 0.500. The van der Waals surface area contributed by atoms with Crippen molar-refractivity contribution in [2.24, 2.45) is 11.7 Å². The molecule has 2 rings (SSSR count). The first-order valence-electron chi connectivity index (χ1n) is 5.48. The van der Waals surface area contributed by atoms with E-state index in [0.717, 1.165) is 23.0 Å². The normalized spacial score (nSPS) is 26.2. The van der Waals surface area contributed by atoms with Gasteiger partial charge in [0.2, 0.25) is 0 Å². The van der Waals surface area contributed by atoms with E-state index in [9.17, 15) is 4.39 Å². The maximum absolute atomic E-state index is 13.8. The van der Waals surface area contributed by atoms with Gasteiger partial charge in [-0.3, -0.25) is 4.90 Å². The molecule has 0 amide bonds. The first-order valence-corrected chi connectivity index (χ1v) is 6.28. The van der Waals surface area contributed by atoms with Crippen molar-refractivity contribution >= 4 is 15.9 Å². The van der Waals surface area contributed by atoms with E-state index in [1.165, 1.54) is 6.07 Å². The number of nitrogens with zero attached hydrogens (tertiary/aromatic N) is 1. The molecule has 88 valence electrons. The summed E-state index contributed by atoms with van der Waals surface area (Å²) in [5, 5.41) is 0. The predicted molar refractivity (Wildman–Crippen MR) is 66.6 cm³/mol. The quantitative estimate of drug-likeness (QED) is 0.905. The molecule has 1 aromatic carbocycles. The maximum atomic E-state index is 13.8. The van der Waals surface area contributed by atoms with Crippen molar-refractivity contribution in [1.29, 1.82) is 0 Å². The summed E-state index contributed by atoms with van der Waals surface area (Å²) in [7, 11) is 2.03. The van der Waals surface area contributed by atoms with Crippen LogP contribution in [0.4, 0.5) is 4.39 Å². The van der Waals surface area contributed by atoms with Gasteiger partial charge < -0.3 is 5.73 Å². The third kappa shape index (κ3) is 2.14. The van der Waals surface area contributed by atoms with E-state index in [-0.39, 0.29) is 11.9 Å². The van der Waals surface area contributed by atoms with Crippen LogP contribution in [-0.2, 0) is 0 Å². The van der Waals surface area contributed by atoms with Gasteiger partial charge in [-0.2, -0.15) is 0 Å². The van der Waals surface area contributed by atoms with Crippen LogP contribution in [-0.4, -0.2) is 25.0 Å². The summed E-state index contributed by atoms with van der Waals surface area (Å²) in [6, 6.07) is 5.22. The highest BCUT2D eigenvalue weighted by atomic mass is 79.9. The average Bonchev–Trinajstić information content (AvgIpc) is 2.63. The molecule has 1 aliphatic heterocycles. The molecule has 0 aliphatic carbocycles. The molecule has 2 nitrogen and oxygen atoms in total. The van der Waals surface area contributed by atoms with E-state index < -0.39 is 0 Å². The highest BCUT2D eigenvalue weighted by Gasteiger charge is 2.33. The zero-order valence-electron chi connectivity index (χ0n) is 9.29. The van der Waals surface area contributed by atoms with Gasteiger partial charge in [0.15, 0.2) is 0 Å². The van der Waals surface area contributed by atoms with Crippen molar-refractivity contribution in [3.8, 4) is 0 Å². The maximum Gasteiger partial charge on any atom is 0.128 e. The van der Waals surface area contributed by atoms with E-state index in [4.69, 9.17) is 5.73 Å². The Kier molecular flexibility index (Phi) is 3.62. The zero-order chi connectivity index (χ0) is 11.7. The Morgan fingerprint density at radius 2 is 2.31 bits per heavy atom. The van der Waals surface area contributed by atoms with Gasteiger partial charge >= 0.3 is 0 Å². The van der Waals surface area contributed by atoms with Crippen molar-refractivity contribution in [3.05, 3.63) is 34.1 Å². The van der Waals surface area contributed by atoms with E-state index in [2.05, 4.69) is 20.8 Å². The Balaban J connectivity index is 2.37. The van der Waals surface area contributed by atoms with Crippen LogP contribution in [0, 0.1) is 11.7 Å². The van der Waals surface area contributed by atoms with E-state index in [0.29, 0.717) is 12.5 Å². The van der Waals surface area contributed by atoms with Crippen LogP contribution in [0.25, 0.3) is 0 Å². The minimum absolute atomic E-state index is 0.113. The SMILES string of the molecule is CN1CCC(CN)C1c1cc(Br)ccc1F. The molecule has 1 heterocycles. The predicted octanol–water partition coefficient (Wildman–Crippen LogP) is 2.54. The molecule has 1 aliphatic rings. The smallest absolute Gasteiger partial charge is 0.128 e. The lowest BCUT2D eigenvalue weighted by Crippen LogP contribution is -2.26. The summed E-state index contributed by atoms with van der Waals surface area (Å²) in [6.07, 6.45) is 1.05. The van der Waals surface area contributed by atoms with Crippen LogP contribution in [0.1, 0.15) is 18.0 Å². The van der Waals surface area contributed by atoms with Gasteiger partial charge in [0, 0.05) is 16.1 Å². The minimum Gasteiger partial charge on any atom is -0.330 e. The second-order valence-electron chi connectivity index (χ2n) is 4.38. The second kappa shape index (κ2) is 4.82. The zero-order valence-corrected chi connectivity index (χ0v) is 10.9. The Bertz CT molecular complexity index is 383. The van der Waals surface area contributed by atoms with Crippen LogP contribution < -0.4 is 5.73 Å². The largest absolute Gasteiger partial charge is 0.330 e. The fourth-order valence-electron chi connectivity index (χ4n) is 2.51. The molecule has 0 radical (unpaired) electrons. The highest BCUT2D eigenvalue weighted by molar-refractivity contribution is 9.10. The molecule has 2 unspecified atom stereocenters. The van der Waals surface area contributed by atoms with Gasteiger partial charge in [0.1, 0.15) is 5.82 Å². The van der Waals surface area contributed by atoms with Gasteiger partial charge in [-0.05, 0) is 50.7 Å². The second-order valence-corrected chi connectivity index (χ2v) is 5.29. The first kappa shape index (κ1) is 12.0. The molecule has 4 heteroatoms. The fourth-order valence-corrected chi connectivity index (χ4v) is 2.88. The number of hydrogen-bond acceptors (Lipinski definition) is 2. The lowest BCUT2D eigenvalue weighted by Gasteiger charge is -2.25. The van der Waals surface area contributed by atoms with Gasteiger partial charge in [-0.1, -0.05) is 15.9 Å². The minimum atomic E-state index is -0.139. The average molecular weight is 287 g/mol. The van der Waals surface area contributed by atoms with Gasteiger partial charge in [0.05, 0.1) is 0 Å².